The molecule has 1 atom stereocenters. The number of hydrogen-bond acceptors (Lipinski definition) is 5. The lowest BCUT2D eigenvalue weighted by molar-refractivity contribution is -0.144. The van der Waals surface area contributed by atoms with Gasteiger partial charge in [-0.3, -0.25) is 4.79 Å². The van der Waals surface area contributed by atoms with Crippen LogP contribution in [0.5, 0.6) is 0 Å². The van der Waals surface area contributed by atoms with Gasteiger partial charge in [-0.2, -0.15) is 0 Å². The van der Waals surface area contributed by atoms with Gasteiger partial charge in [0, 0.05) is 17.8 Å². The molecule has 0 amide bonds. The van der Waals surface area contributed by atoms with E-state index in [-0.39, 0.29) is 12.2 Å². The Hall–Kier alpha value is -1.96. The zero-order valence-electron chi connectivity index (χ0n) is 19.6. The van der Waals surface area contributed by atoms with Gasteiger partial charge in [0.05, 0.1) is 18.8 Å². The lowest BCUT2D eigenvalue weighted by atomic mass is 9.95. The lowest BCUT2D eigenvalue weighted by Crippen LogP contribution is -2.42. The topological polar surface area (TPSA) is 60.4 Å². The molecule has 4 nitrogen and oxygen atoms in total. The minimum absolute atomic E-state index is 0.0985. The van der Waals surface area contributed by atoms with Crippen molar-refractivity contribution < 1.29 is 17.9 Å². The molecule has 1 aliphatic heterocycles. The van der Waals surface area contributed by atoms with E-state index in [1.807, 2.05) is 24.3 Å². The van der Waals surface area contributed by atoms with Gasteiger partial charge in [0.15, 0.2) is 9.84 Å². The molecule has 176 valence electrons. The second kappa shape index (κ2) is 9.35. The van der Waals surface area contributed by atoms with E-state index >= 15 is 0 Å². The number of carbonyl (C=O) groups excluding carboxylic acids is 1. The summed E-state index contributed by atoms with van der Waals surface area (Å²) in [6.07, 6.45) is 1.82. The fourth-order valence-corrected chi connectivity index (χ4v) is 8.93. The molecule has 0 bridgehead atoms. The highest BCUT2D eigenvalue weighted by Crippen LogP contribution is 2.47. The highest BCUT2D eigenvalue weighted by Gasteiger charge is 2.49. The van der Waals surface area contributed by atoms with E-state index in [1.54, 1.807) is 0 Å². The maximum atomic E-state index is 13.4. The standard InChI is InChI=1S/C26H32O4S2Si/c1-33(2,3)17-15-30-25(27)19-26(14-6-7-16-32(26,28)29)24-13-12-23(31-24)22-11-10-20-8-4-5-9-21(20)18-22/h4-5,8-13,18H,6-7,14-17,19H2,1-3H3/t26-/m0/s1. The molecule has 0 unspecified atom stereocenters. The maximum Gasteiger partial charge on any atom is 0.307 e. The predicted molar refractivity (Wildman–Crippen MR) is 140 cm³/mol. The lowest BCUT2D eigenvalue weighted by Gasteiger charge is -2.35. The molecule has 2 aromatic carbocycles. The maximum absolute atomic E-state index is 13.4. The number of thiophene rings is 1. The molecule has 0 radical (unpaired) electrons. The first-order valence-electron chi connectivity index (χ1n) is 11.6. The number of ether oxygens (including phenoxy) is 1. The minimum Gasteiger partial charge on any atom is -0.466 e. The van der Waals surface area contributed by atoms with Gasteiger partial charge in [0.25, 0.3) is 0 Å². The van der Waals surface area contributed by atoms with Crippen molar-refractivity contribution in [1.29, 1.82) is 0 Å². The fourth-order valence-electron chi connectivity index (χ4n) is 4.45. The van der Waals surface area contributed by atoms with Crippen LogP contribution in [0.25, 0.3) is 21.2 Å². The van der Waals surface area contributed by atoms with Gasteiger partial charge < -0.3 is 4.74 Å². The summed E-state index contributed by atoms with van der Waals surface area (Å²) in [5, 5.41) is 2.32. The van der Waals surface area contributed by atoms with Crippen LogP contribution in [0.4, 0.5) is 0 Å². The van der Waals surface area contributed by atoms with Gasteiger partial charge in [-0.15, -0.1) is 11.3 Å². The number of hydrogen-bond donors (Lipinski definition) is 0. The van der Waals surface area contributed by atoms with Crippen molar-refractivity contribution in [2.24, 2.45) is 0 Å². The Morgan fingerprint density at radius 1 is 1.03 bits per heavy atom. The number of rotatable bonds is 7. The SMILES string of the molecule is C[Si](C)(C)CCOC(=O)C[C@]1(c2ccc(-c3ccc4ccccc4c3)s2)CCCCS1(=O)=O. The number of benzene rings is 2. The van der Waals surface area contributed by atoms with Crippen LogP contribution in [0.1, 0.15) is 30.6 Å². The van der Waals surface area contributed by atoms with Crippen molar-refractivity contribution in [1.82, 2.24) is 0 Å². The average Bonchev–Trinajstić information content (AvgIpc) is 3.25. The molecule has 1 fully saturated rings. The van der Waals surface area contributed by atoms with Crippen molar-refractivity contribution >= 4 is 46.0 Å². The van der Waals surface area contributed by atoms with Gasteiger partial charge in [-0.1, -0.05) is 62.5 Å². The molecule has 7 heteroatoms. The van der Waals surface area contributed by atoms with E-state index in [2.05, 4.69) is 50.0 Å². The quantitative estimate of drug-likeness (QED) is 0.270. The largest absolute Gasteiger partial charge is 0.466 e. The number of carbonyl (C=O) groups is 1. The first-order valence-corrected chi connectivity index (χ1v) is 17.7. The Morgan fingerprint density at radius 3 is 2.52 bits per heavy atom. The number of sulfone groups is 1. The zero-order valence-corrected chi connectivity index (χ0v) is 22.2. The van der Waals surface area contributed by atoms with Gasteiger partial charge in [-0.05, 0) is 53.4 Å². The highest BCUT2D eigenvalue weighted by atomic mass is 32.2. The van der Waals surface area contributed by atoms with Crippen LogP contribution in [0.2, 0.25) is 25.7 Å². The Morgan fingerprint density at radius 2 is 1.79 bits per heavy atom. The van der Waals surface area contributed by atoms with E-state index in [0.29, 0.717) is 19.4 Å². The van der Waals surface area contributed by atoms with Gasteiger partial charge in [0.1, 0.15) is 4.75 Å². The van der Waals surface area contributed by atoms with Crippen LogP contribution in [-0.4, -0.2) is 34.8 Å². The molecule has 0 spiro atoms. The van der Waals surface area contributed by atoms with E-state index in [0.717, 1.165) is 33.2 Å². The predicted octanol–water partition coefficient (Wildman–Crippen LogP) is 6.63. The first-order chi connectivity index (χ1) is 15.6. The van der Waals surface area contributed by atoms with Crippen LogP contribution in [0.15, 0.2) is 54.6 Å². The molecule has 0 N–H and O–H groups in total. The van der Waals surface area contributed by atoms with Crippen LogP contribution < -0.4 is 0 Å². The molecule has 1 aromatic heterocycles. The molecule has 33 heavy (non-hydrogen) atoms. The fraction of sp³-hybridized carbons (Fsp3) is 0.423. The Balaban J connectivity index is 1.64. The number of fused-ring (bicyclic) bond motifs is 1. The summed E-state index contributed by atoms with van der Waals surface area (Å²) >= 11 is 1.49. The Bertz CT molecular complexity index is 1260. The third-order valence-electron chi connectivity index (χ3n) is 6.47. The molecule has 3 aromatic rings. The third-order valence-corrected chi connectivity index (χ3v) is 12.2. The molecular weight excluding hydrogens is 469 g/mol. The molecule has 1 aliphatic rings. The minimum atomic E-state index is -3.47. The summed E-state index contributed by atoms with van der Waals surface area (Å²) < 4.78 is 31.2. The second-order valence-electron chi connectivity index (χ2n) is 10.2. The molecule has 0 saturated carbocycles. The Kier molecular flexibility index (Phi) is 6.85. The van der Waals surface area contributed by atoms with Crippen molar-refractivity contribution in [2.75, 3.05) is 12.4 Å². The van der Waals surface area contributed by atoms with E-state index in [4.69, 9.17) is 4.74 Å². The summed E-state index contributed by atoms with van der Waals surface area (Å²) in [5.74, 6) is -0.280. The second-order valence-corrected chi connectivity index (χ2v) is 19.3. The molecular formula is C26H32O4S2Si. The summed E-state index contributed by atoms with van der Waals surface area (Å²) in [6, 6.07) is 19.3. The van der Waals surface area contributed by atoms with Crippen molar-refractivity contribution in [3.63, 3.8) is 0 Å². The van der Waals surface area contributed by atoms with Gasteiger partial charge in [-0.25, -0.2) is 8.42 Å². The van der Waals surface area contributed by atoms with E-state index < -0.39 is 28.6 Å². The molecule has 0 aliphatic carbocycles. The first kappa shape index (κ1) is 24.2. The smallest absolute Gasteiger partial charge is 0.307 e. The summed E-state index contributed by atoms with van der Waals surface area (Å²) in [7, 11) is -4.81. The van der Waals surface area contributed by atoms with Crippen LogP contribution in [-0.2, 0) is 24.1 Å². The highest BCUT2D eigenvalue weighted by molar-refractivity contribution is 7.92. The molecule has 1 saturated heterocycles. The van der Waals surface area contributed by atoms with Gasteiger partial charge in [0.2, 0.25) is 0 Å². The molecule has 4 rings (SSSR count). The third kappa shape index (κ3) is 5.25. The summed E-state index contributed by atoms with van der Waals surface area (Å²) in [4.78, 5) is 14.6. The average molecular weight is 501 g/mol. The monoisotopic (exact) mass is 500 g/mol. The summed E-state index contributed by atoms with van der Waals surface area (Å²) in [6.45, 7) is 7.06. The number of esters is 1. The van der Waals surface area contributed by atoms with E-state index in [9.17, 15) is 13.2 Å². The molecule has 2 heterocycles. The normalized spacial score (nSPS) is 20.6. The van der Waals surface area contributed by atoms with E-state index in [1.165, 1.54) is 16.7 Å². The summed E-state index contributed by atoms with van der Waals surface area (Å²) in [5.41, 5.74) is 1.06. The van der Waals surface area contributed by atoms with Crippen LogP contribution in [0, 0.1) is 0 Å². The zero-order chi connectivity index (χ0) is 23.7. The van der Waals surface area contributed by atoms with Crippen molar-refractivity contribution in [2.45, 2.75) is 56.1 Å². The Labute approximate surface area is 201 Å². The van der Waals surface area contributed by atoms with Crippen LogP contribution in [0.3, 0.4) is 0 Å². The van der Waals surface area contributed by atoms with Crippen LogP contribution >= 0.6 is 11.3 Å². The van der Waals surface area contributed by atoms with Gasteiger partial charge >= 0.3 is 5.97 Å². The van der Waals surface area contributed by atoms with Crippen molar-refractivity contribution in [3.8, 4) is 10.4 Å². The van der Waals surface area contributed by atoms with Crippen molar-refractivity contribution in [3.05, 3.63) is 59.5 Å².